The molecule has 1 heterocycles. The highest BCUT2D eigenvalue weighted by molar-refractivity contribution is 5.77. The molecule has 1 N–H and O–H groups in total. The number of hydrogen-bond donors (Lipinski definition) is 1. The van der Waals surface area contributed by atoms with E-state index in [1.54, 1.807) is 0 Å². The summed E-state index contributed by atoms with van der Waals surface area (Å²) in [5.74, 6) is 3.90. The molecule has 3 saturated carbocycles. The largest absolute Gasteiger partial charge is 0.353 e. The van der Waals surface area contributed by atoms with Crippen LogP contribution in [0.15, 0.2) is 60.7 Å². The minimum Gasteiger partial charge on any atom is -0.353 e. The highest BCUT2D eigenvalue weighted by Crippen LogP contribution is 2.67. The van der Waals surface area contributed by atoms with Crippen molar-refractivity contribution in [3.63, 3.8) is 0 Å². The maximum absolute atomic E-state index is 12.1. The fourth-order valence-corrected chi connectivity index (χ4v) is 9.27. The minimum atomic E-state index is 0.283. The molecule has 3 aliphatic carbocycles. The Morgan fingerprint density at radius 3 is 2.06 bits per heavy atom. The van der Waals surface area contributed by atoms with Gasteiger partial charge in [0.1, 0.15) is 0 Å². The van der Waals surface area contributed by atoms with E-state index in [0.717, 1.165) is 30.6 Å². The highest BCUT2D eigenvalue weighted by atomic mass is 16.1. The first kappa shape index (κ1) is 21.4. The molecule has 7 atom stereocenters. The lowest BCUT2D eigenvalue weighted by atomic mass is 9.46. The van der Waals surface area contributed by atoms with Gasteiger partial charge in [0.25, 0.3) is 0 Å². The number of amides is 1. The zero-order valence-corrected chi connectivity index (χ0v) is 20.3. The van der Waals surface area contributed by atoms with Crippen LogP contribution in [0.5, 0.6) is 0 Å². The maximum atomic E-state index is 12.1. The van der Waals surface area contributed by atoms with E-state index in [4.69, 9.17) is 0 Å². The predicted octanol–water partition coefficient (Wildman–Crippen LogP) is 6.96. The first-order valence-electron chi connectivity index (χ1n) is 13.4. The second kappa shape index (κ2) is 8.00. The molecule has 0 bridgehead atoms. The van der Waals surface area contributed by atoms with Crippen molar-refractivity contribution in [1.82, 2.24) is 5.32 Å². The summed E-state index contributed by atoms with van der Waals surface area (Å²) in [4.78, 5) is 12.1. The summed E-state index contributed by atoms with van der Waals surface area (Å²) in [5, 5.41) is 3.39. The lowest BCUT2D eigenvalue weighted by Gasteiger charge is -2.60. The molecule has 2 aromatic rings. The Bertz CT molecular complexity index is 963. The molecule has 2 unspecified atom stereocenters. The van der Waals surface area contributed by atoms with Gasteiger partial charge in [-0.05, 0) is 90.6 Å². The average molecular weight is 442 g/mol. The van der Waals surface area contributed by atoms with Crippen molar-refractivity contribution in [2.45, 2.75) is 77.2 Å². The molecule has 0 aromatic heterocycles. The summed E-state index contributed by atoms with van der Waals surface area (Å²) < 4.78 is 0. The minimum absolute atomic E-state index is 0.283. The van der Waals surface area contributed by atoms with E-state index in [-0.39, 0.29) is 5.91 Å². The van der Waals surface area contributed by atoms with Gasteiger partial charge < -0.3 is 5.32 Å². The van der Waals surface area contributed by atoms with E-state index in [1.165, 1.54) is 49.7 Å². The van der Waals surface area contributed by atoms with Crippen molar-refractivity contribution in [3.8, 4) is 0 Å². The number of carbonyl (C=O) groups excluding carboxylic acids is 1. The molecule has 1 aliphatic heterocycles. The van der Waals surface area contributed by atoms with Gasteiger partial charge in [0.15, 0.2) is 0 Å². The Kier molecular flexibility index (Phi) is 5.20. The Morgan fingerprint density at radius 2 is 1.39 bits per heavy atom. The number of rotatable bonds is 3. The van der Waals surface area contributed by atoms with Crippen molar-refractivity contribution < 1.29 is 4.79 Å². The second-order valence-electron chi connectivity index (χ2n) is 12.1. The van der Waals surface area contributed by atoms with E-state index in [2.05, 4.69) is 79.8 Å². The predicted molar refractivity (Wildman–Crippen MR) is 134 cm³/mol. The third-order valence-corrected chi connectivity index (χ3v) is 10.9. The van der Waals surface area contributed by atoms with Gasteiger partial charge in [-0.25, -0.2) is 0 Å². The summed E-state index contributed by atoms with van der Waals surface area (Å²) in [6.45, 7) is 5.17. The Labute approximate surface area is 199 Å². The molecule has 4 aliphatic rings. The molecule has 1 saturated heterocycles. The van der Waals surface area contributed by atoms with Gasteiger partial charge in [-0.3, -0.25) is 4.79 Å². The number of nitrogens with one attached hydrogen (secondary N) is 1. The molecule has 2 nitrogen and oxygen atoms in total. The summed E-state index contributed by atoms with van der Waals surface area (Å²) in [7, 11) is 0. The third kappa shape index (κ3) is 3.31. The van der Waals surface area contributed by atoms with Crippen molar-refractivity contribution in [2.24, 2.45) is 34.5 Å². The van der Waals surface area contributed by atoms with Crippen LogP contribution in [0.25, 0.3) is 0 Å². The van der Waals surface area contributed by atoms with Gasteiger partial charge in [-0.2, -0.15) is 0 Å². The molecule has 0 spiro atoms. The molecule has 6 rings (SSSR count). The van der Waals surface area contributed by atoms with E-state index in [0.29, 0.717) is 28.7 Å². The van der Waals surface area contributed by atoms with Crippen molar-refractivity contribution in [1.29, 1.82) is 0 Å². The zero-order chi connectivity index (χ0) is 22.6. The average Bonchev–Trinajstić information content (AvgIpc) is 3.18. The number of benzene rings is 2. The van der Waals surface area contributed by atoms with Gasteiger partial charge >= 0.3 is 0 Å². The summed E-state index contributed by atoms with van der Waals surface area (Å²) in [6.07, 6.45) is 9.71. The van der Waals surface area contributed by atoms with Gasteiger partial charge in [-0.15, -0.1) is 0 Å². The first-order valence-corrected chi connectivity index (χ1v) is 13.4. The van der Waals surface area contributed by atoms with Crippen LogP contribution in [0.3, 0.4) is 0 Å². The van der Waals surface area contributed by atoms with Crippen LogP contribution in [-0.2, 0) is 4.79 Å². The zero-order valence-electron chi connectivity index (χ0n) is 20.3. The normalized spacial score (nSPS) is 40.0. The van der Waals surface area contributed by atoms with Gasteiger partial charge in [-0.1, -0.05) is 74.5 Å². The topological polar surface area (TPSA) is 29.1 Å². The number of hydrogen-bond acceptors (Lipinski definition) is 1. The molecule has 2 heteroatoms. The second-order valence-corrected chi connectivity index (χ2v) is 12.1. The summed E-state index contributed by atoms with van der Waals surface area (Å²) >= 11 is 0. The van der Waals surface area contributed by atoms with E-state index >= 15 is 0 Å². The molecule has 174 valence electrons. The molecule has 33 heavy (non-hydrogen) atoms. The SMILES string of the molecule is C[C@]12CCC(=O)NC1CC[C@@H]1[C@H]2CC[C@]2(C)C(C(c3ccccc3)c3ccccc3)CC[C@@H]12. The Hall–Kier alpha value is -2.09. The number of piperidine rings is 1. The lowest BCUT2D eigenvalue weighted by molar-refractivity contribution is -0.136. The van der Waals surface area contributed by atoms with Crippen molar-refractivity contribution >= 4 is 5.91 Å². The highest BCUT2D eigenvalue weighted by Gasteiger charge is 2.61. The summed E-state index contributed by atoms with van der Waals surface area (Å²) in [6, 6.07) is 23.0. The number of carbonyl (C=O) groups is 1. The van der Waals surface area contributed by atoms with Crippen LogP contribution in [0.1, 0.15) is 82.3 Å². The molecule has 1 amide bonds. The van der Waals surface area contributed by atoms with Crippen LogP contribution in [0, 0.1) is 34.5 Å². The Balaban J connectivity index is 1.34. The lowest BCUT2D eigenvalue weighted by Crippen LogP contribution is -2.61. The van der Waals surface area contributed by atoms with E-state index < -0.39 is 0 Å². The van der Waals surface area contributed by atoms with Crippen molar-refractivity contribution in [3.05, 3.63) is 71.8 Å². The van der Waals surface area contributed by atoms with Crippen LogP contribution in [0.2, 0.25) is 0 Å². The Morgan fingerprint density at radius 1 is 0.758 bits per heavy atom. The van der Waals surface area contributed by atoms with Crippen LogP contribution < -0.4 is 5.32 Å². The van der Waals surface area contributed by atoms with Crippen LogP contribution in [0.4, 0.5) is 0 Å². The molecular formula is C31H39NO. The summed E-state index contributed by atoms with van der Waals surface area (Å²) in [5.41, 5.74) is 3.68. The smallest absolute Gasteiger partial charge is 0.220 e. The molecular weight excluding hydrogens is 402 g/mol. The molecule has 4 fully saturated rings. The van der Waals surface area contributed by atoms with Gasteiger partial charge in [0, 0.05) is 18.4 Å². The third-order valence-electron chi connectivity index (χ3n) is 10.9. The quantitative estimate of drug-likeness (QED) is 0.548. The van der Waals surface area contributed by atoms with E-state index in [1.807, 2.05) is 0 Å². The van der Waals surface area contributed by atoms with E-state index in [9.17, 15) is 4.79 Å². The van der Waals surface area contributed by atoms with Gasteiger partial charge in [0.2, 0.25) is 5.91 Å². The maximum Gasteiger partial charge on any atom is 0.220 e. The monoisotopic (exact) mass is 441 g/mol. The molecule has 0 radical (unpaired) electrons. The number of fused-ring (bicyclic) bond motifs is 5. The van der Waals surface area contributed by atoms with Crippen LogP contribution >= 0.6 is 0 Å². The standard InChI is InChI=1S/C31H39NO/c1-30-19-17-25-23(13-16-27-31(25,2)20-18-28(33)32-27)24(30)14-15-26(30)29(21-9-5-3-6-10-21)22-11-7-4-8-12-22/h3-12,23-27,29H,13-20H2,1-2H3,(H,32,33)/t23-,24-,25+,26?,27?,30-,31+/m0/s1. The molecule has 2 aromatic carbocycles. The fourth-order valence-electron chi connectivity index (χ4n) is 9.27. The first-order chi connectivity index (χ1) is 16.0. The fraction of sp³-hybridized carbons (Fsp3) is 0.581. The van der Waals surface area contributed by atoms with Gasteiger partial charge in [0.05, 0.1) is 0 Å². The van der Waals surface area contributed by atoms with Crippen LogP contribution in [-0.4, -0.2) is 11.9 Å². The van der Waals surface area contributed by atoms with Crippen molar-refractivity contribution in [2.75, 3.05) is 0 Å².